The number of thiophene rings is 3. The van der Waals surface area contributed by atoms with Crippen molar-refractivity contribution in [1.82, 2.24) is 0 Å². The van der Waals surface area contributed by atoms with Gasteiger partial charge in [0.25, 0.3) is 0 Å². The third kappa shape index (κ3) is 4.04. The van der Waals surface area contributed by atoms with Crippen LogP contribution >= 0.6 is 34.0 Å². The summed E-state index contributed by atoms with van der Waals surface area (Å²) < 4.78 is 6.44. The molecule has 1 atom stereocenters. The molecule has 4 heterocycles. The summed E-state index contributed by atoms with van der Waals surface area (Å²) in [6, 6.07) is 39.3. The number of rotatable bonds is 3. The Hall–Kier alpha value is -5.01. The Morgan fingerprint density at radius 1 is 0.587 bits per heavy atom. The van der Waals surface area contributed by atoms with Gasteiger partial charge in [0.15, 0.2) is 0 Å². The lowest BCUT2D eigenvalue weighted by Crippen LogP contribution is -2.08. The normalized spacial score (nSPS) is 15.9. The van der Waals surface area contributed by atoms with Gasteiger partial charge in [-0.3, -0.25) is 0 Å². The highest BCUT2D eigenvalue weighted by Gasteiger charge is 2.24. The summed E-state index contributed by atoms with van der Waals surface area (Å²) >= 11 is 5.49. The summed E-state index contributed by atoms with van der Waals surface area (Å²) in [6.07, 6.45) is 5.24. The van der Waals surface area contributed by atoms with Gasteiger partial charge in [-0.1, -0.05) is 90.7 Å². The molecule has 214 valence electrons. The third-order valence-electron chi connectivity index (χ3n) is 9.11. The monoisotopic (exact) mass is 637 g/mol. The number of benzene rings is 5. The molecule has 2 aliphatic rings. The molecule has 0 saturated carbocycles. The van der Waals surface area contributed by atoms with Crippen molar-refractivity contribution in [2.75, 3.05) is 0 Å². The second kappa shape index (κ2) is 10.3. The summed E-state index contributed by atoms with van der Waals surface area (Å²) in [4.78, 5) is 6.72. The number of hydrogen-bond acceptors (Lipinski definition) is 4. The topological polar surface area (TPSA) is 12.4 Å². The first-order valence-electron chi connectivity index (χ1n) is 15.4. The lowest BCUT2D eigenvalue weighted by Gasteiger charge is -2.15. The van der Waals surface area contributed by atoms with Crippen molar-refractivity contribution in [2.45, 2.75) is 6.42 Å². The van der Waals surface area contributed by atoms with Crippen LogP contribution in [0.2, 0.25) is 0 Å². The Morgan fingerprint density at radius 2 is 1.17 bits per heavy atom. The Bertz CT molecular complexity index is 2780. The average molecular weight is 638 g/mol. The van der Waals surface area contributed by atoms with Crippen LogP contribution in [0, 0.1) is 17.8 Å². The van der Waals surface area contributed by atoms with E-state index >= 15 is 0 Å². The van der Waals surface area contributed by atoms with E-state index < -0.39 is 0 Å². The van der Waals surface area contributed by atoms with E-state index in [2.05, 4.69) is 139 Å². The van der Waals surface area contributed by atoms with Gasteiger partial charge in [0, 0.05) is 67.8 Å². The number of aliphatic imine (C=N–C) groups is 1. The van der Waals surface area contributed by atoms with Crippen LogP contribution in [0.3, 0.4) is 0 Å². The Morgan fingerprint density at radius 3 is 1.89 bits per heavy atom. The Balaban J connectivity index is 1.21. The van der Waals surface area contributed by atoms with Gasteiger partial charge in [0.05, 0.1) is 22.2 Å². The fourth-order valence-electron chi connectivity index (χ4n) is 6.99. The molecule has 0 bridgehead atoms. The summed E-state index contributed by atoms with van der Waals surface area (Å²) in [7, 11) is 0. The summed E-state index contributed by atoms with van der Waals surface area (Å²) in [5.74, 6) is 7.19. The van der Waals surface area contributed by atoms with Crippen LogP contribution in [-0.2, 0) is 6.42 Å². The minimum atomic E-state index is 0.0301. The van der Waals surface area contributed by atoms with Crippen molar-refractivity contribution in [3.63, 3.8) is 0 Å². The van der Waals surface area contributed by atoms with Crippen LogP contribution in [0.15, 0.2) is 138 Å². The van der Waals surface area contributed by atoms with Crippen LogP contribution in [0.5, 0.6) is 0 Å². The molecule has 1 unspecified atom stereocenters. The van der Waals surface area contributed by atoms with Gasteiger partial charge in [0.1, 0.15) is 0 Å². The standard InChI is InChI=1S/C42H23NS3/c1-4-14-35-27(9-1)32-23-25(20-22-38(32)44-35)26-19-21-33(28-12-7-17-39-41(28)30-10-2-5-15-36(30)45-39)43-34(24-26)29-13-8-18-40-42(29)31-11-3-6-16-37(31)46-40/h1-18,21,24-25H,23H2. The second-order valence-electron chi connectivity index (χ2n) is 11.8. The fraction of sp³-hybridized carbons (Fsp3) is 0.0476. The zero-order valence-corrected chi connectivity index (χ0v) is 27.0. The zero-order valence-electron chi connectivity index (χ0n) is 24.5. The van der Waals surface area contributed by atoms with Crippen molar-refractivity contribution < 1.29 is 0 Å². The molecule has 1 aliphatic carbocycles. The molecule has 4 heteroatoms. The molecule has 0 amide bonds. The largest absolute Gasteiger partial charge is 0.247 e. The van der Waals surface area contributed by atoms with Crippen LogP contribution in [0.4, 0.5) is 0 Å². The molecule has 0 fully saturated rings. The molecule has 0 radical (unpaired) electrons. The van der Waals surface area contributed by atoms with E-state index in [4.69, 9.17) is 4.99 Å². The van der Waals surface area contributed by atoms with Gasteiger partial charge < -0.3 is 0 Å². The second-order valence-corrected chi connectivity index (χ2v) is 15.0. The van der Waals surface area contributed by atoms with E-state index in [1.54, 1.807) is 11.3 Å². The van der Waals surface area contributed by atoms with Crippen molar-refractivity contribution >= 4 is 95.8 Å². The van der Waals surface area contributed by atoms with Crippen molar-refractivity contribution in [1.29, 1.82) is 0 Å². The molecular formula is C42H23NS3. The molecule has 5 aromatic carbocycles. The number of hydrogen-bond donors (Lipinski definition) is 0. The van der Waals surface area contributed by atoms with Crippen molar-refractivity contribution in [2.24, 2.45) is 10.9 Å². The van der Waals surface area contributed by atoms with Crippen LogP contribution in [0.25, 0.3) is 56.1 Å². The predicted octanol–water partition coefficient (Wildman–Crippen LogP) is 11.8. The van der Waals surface area contributed by atoms with Crippen LogP contribution in [-0.4, -0.2) is 5.71 Å². The lowest BCUT2D eigenvalue weighted by atomic mass is 9.87. The van der Waals surface area contributed by atoms with E-state index in [0.717, 1.165) is 34.5 Å². The van der Waals surface area contributed by atoms with Gasteiger partial charge in [0.2, 0.25) is 0 Å². The van der Waals surface area contributed by atoms with Crippen molar-refractivity contribution in [3.8, 4) is 11.8 Å². The first-order valence-corrected chi connectivity index (χ1v) is 17.8. The fourth-order valence-corrected chi connectivity index (χ4v) is 10.3. The molecule has 0 N–H and O–H groups in total. The van der Waals surface area contributed by atoms with E-state index in [1.165, 1.54) is 60.9 Å². The minimum Gasteiger partial charge on any atom is -0.247 e. The molecule has 10 rings (SSSR count). The third-order valence-corrected chi connectivity index (χ3v) is 12.5. The smallest absolute Gasteiger partial charge is 0.0813 e. The average Bonchev–Trinajstić information content (AvgIpc) is 3.74. The summed E-state index contributed by atoms with van der Waals surface area (Å²) in [5.41, 5.74) is 10.4. The molecule has 46 heavy (non-hydrogen) atoms. The first-order chi connectivity index (χ1) is 22.8. The maximum atomic E-state index is 5.52. The van der Waals surface area contributed by atoms with Crippen LogP contribution in [0.1, 0.15) is 21.6 Å². The molecule has 0 spiro atoms. The molecule has 1 nitrogen and oxygen atoms in total. The number of nitrogens with zero attached hydrogens (tertiary/aromatic N) is 1. The van der Waals surface area contributed by atoms with Gasteiger partial charge in [-0.05, 0) is 53.8 Å². The first kappa shape index (κ1) is 26.2. The molecule has 3 aromatic heterocycles. The highest BCUT2D eigenvalue weighted by atomic mass is 32.1. The summed E-state index contributed by atoms with van der Waals surface area (Å²) in [6.45, 7) is 0. The van der Waals surface area contributed by atoms with Gasteiger partial charge in [-0.15, -0.1) is 39.7 Å². The summed E-state index contributed by atoms with van der Waals surface area (Å²) in [5, 5.41) is 6.39. The van der Waals surface area contributed by atoms with E-state index in [0.29, 0.717) is 0 Å². The predicted molar refractivity (Wildman–Crippen MR) is 201 cm³/mol. The quantitative estimate of drug-likeness (QED) is 0.135. The van der Waals surface area contributed by atoms with Crippen LogP contribution < -0.4 is 0 Å². The van der Waals surface area contributed by atoms with Crippen molar-refractivity contribution in [3.05, 3.63) is 154 Å². The number of fused-ring (bicyclic) bond motifs is 9. The Kier molecular flexibility index (Phi) is 5.85. The van der Waals surface area contributed by atoms with E-state index in [-0.39, 0.29) is 5.92 Å². The zero-order chi connectivity index (χ0) is 30.2. The maximum absolute atomic E-state index is 5.52. The van der Waals surface area contributed by atoms with Gasteiger partial charge >= 0.3 is 0 Å². The van der Waals surface area contributed by atoms with E-state index in [9.17, 15) is 0 Å². The van der Waals surface area contributed by atoms with Gasteiger partial charge in [-0.2, -0.15) is 0 Å². The minimum absolute atomic E-state index is 0.0301. The highest BCUT2D eigenvalue weighted by molar-refractivity contribution is 7.26. The highest BCUT2D eigenvalue weighted by Crippen LogP contribution is 2.42. The Labute approximate surface area is 277 Å². The lowest BCUT2D eigenvalue weighted by molar-refractivity contribution is 0.799. The molecule has 1 aliphatic heterocycles. The molecular weight excluding hydrogens is 615 g/mol. The SMILES string of the molecule is C1=CC(c2cccc3sc4ccccc4c23)=NC(c2cccc3sc4ccccc4c23)=CC=1C1C#Cc2sc3ccccc3c2C1. The number of allylic oxidation sites excluding steroid dienone is 2. The maximum Gasteiger partial charge on any atom is 0.0813 e. The molecule has 8 aromatic rings. The molecule has 0 saturated heterocycles. The van der Waals surface area contributed by atoms with E-state index in [1.807, 2.05) is 22.7 Å². The van der Waals surface area contributed by atoms with Gasteiger partial charge in [-0.25, -0.2) is 4.99 Å².